The molecule has 1 atom stereocenters. The zero-order chi connectivity index (χ0) is 13.8. The maximum absolute atomic E-state index is 5.66. The van der Waals surface area contributed by atoms with Crippen molar-refractivity contribution in [2.24, 2.45) is 5.92 Å². The van der Waals surface area contributed by atoms with E-state index in [0.717, 1.165) is 38.7 Å². The highest BCUT2D eigenvalue weighted by atomic mass is 16.7. The highest BCUT2D eigenvalue weighted by Crippen LogP contribution is 2.24. The third kappa shape index (κ3) is 3.40. The van der Waals surface area contributed by atoms with Crippen LogP contribution in [0.3, 0.4) is 0 Å². The van der Waals surface area contributed by atoms with Crippen molar-refractivity contribution in [1.82, 2.24) is 14.5 Å². The zero-order valence-corrected chi connectivity index (χ0v) is 12.3. The van der Waals surface area contributed by atoms with E-state index in [-0.39, 0.29) is 6.29 Å². The molecule has 2 aliphatic heterocycles. The maximum Gasteiger partial charge on any atom is 0.161 e. The van der Waals surface area contributed by atoms with Crippen molar-refractivity contribution in [3.8, 4) is 0 Å². The van der Waals surface area contributed by atoms with Crippen LogP contribution < -0.4 is 0 Å². The highest BCUT2D eigenvalue weighted by Gasteiger charge is 2.30. The summed E-state index contributed by atoms with van der Waals surface area (Å²) in [4.78, 5) is 6.82. The van der Waals surface area contributed by atoms with E-state index < -0.39 is 0 Å². The standard InChI is InChI=1S/C15H25N3O2/c1-13-16-5-9-18(13)8-3-7-17-6-2-4-14(12-17)15-19-10-11-20-15/h5,9,14-15H,2-4,6-8,10-12H2,1H3/t14-/m0/s1. The Labute approximate surface area is 120 Å². The molecule has 5 heteroatoms. The van der Waals surface area contributed by atoms with Crippen LogP contribution in [0.2, 0.25) is 0 Å². The van der Waals surface area contributed by atoms with Gasteiger partial charge in [0.1, 0.15) is 5.82 Å². The van der Waals surface area contributed by atoms with Crippen LogP contribution in [-0.2, 0) is 16.0 Å². The molecule has 0 amide bonds. The minimum absolute atomic E-state index is 0.0497. The van der Waals surface area contributed by atoms with E-state index in [1.165, 1.54) is 25.8 Å². The normalized spacial score (nSPS) is 25.4. The molecular formula is C15H25N3O2. The average molecular weight is 279 g/mol. The van der Waals surface area contributed by atoms with Gasteiger partial charge in [0.15, 0.2) is 6.29 Å². The molecule has 2 fully saturated rings. The first kappa shape index (κ1) is 14.0. The number of rotatable bonds is 5. The number of hydrogen-bond acceptors (Lipinski definition) is 4. The van der Waals surface area contributed by atoms with Crippen molar-refractivity contribution in [3.63, 3.8) is 0 Å². The van der Waals surface area contributed by atoms with E-state index in [1.807, 2.05) is 6.20 Å². The molecule has 3 heterocycles. The van der Waals surface area contributed by atoms with Gasteiger partial charge in [0.2, 0.25) is 0 Å². The minimum Gasteiger partial charge on any atom is -0.350 e. The van der Waals surface area contributed by atoms with Gasteiger partial charge in [-0.15, -0.1) is 0 Å². The van der Waals surface area contributed by atoms with E-state index in [0.29, 0.717) is 5.92 Å². The van der Waals surface area contributed by atoms with Gasteiger partial charge >= 0.3 is 0 Å². The molecule has 1 aromatic heterocycles. The van der Waals surface area contributed by atoms with Gasteiger partial charge in [-0.3, -0.25) is 0 Å². The Morgan fingerprint density at radius 3 is 2.90 bits per heavy atom. The first-order chi connectivity index (χ1) is 9.83. The summed E-state index contributed by atoms with van der Waals surface area (Å²) in [5, 5.41) is 0. The molecular weight excluding hydrogens is 254 g/mol. The second-order valence-electron chi connectivity index (χ2n) is 5.83. The molecule has 112 valence electrons. The number of likely N-dealkylation sites (tertiary alicyclic amines) is 1. The molecule has 0 N–H and O–H groups in total. The second-order valence-corrected chi connectivity index (χ2v) is 5.83. The van der Waals surface area contributed by atoms with E-state index in [1.54, 1.807) is 0 Å². The SMILES string of the molecule is Cc1nccn1CCCN1CCC[C@H](C2OCCO2)C1. The third-order valence-corrected chi connectivity index (χ3v) is 4.37. The van der Waals surface area contributed by atoms with Gasteiger partial charge in [-0.25, -0.2) is 4.98 Å². The first-order valence-electron chi connectivity index (χ1n) is 7.76. The Balaban J connectivity index is 1.42. The monoisotopic (exact) mass is 279 g/mol. The molecule has 2 aliphatic rings. The van der Waals surface area contributed by atoms with Crippen molar-refractivity contribution in [2.45, 2.75) is 39.0 Å². The molecule has 0 radical (unpaired) electrons. The maximum atomic E-state index is 5.66. The first-order valence-corrected chi connectivity index (χ1v) is 7.76. The summed E-state index contributed by atoms with van der Waals surface area (Å²) in [5.41, 5.74) is 0. The van der Waals surface area contributed by atoms with E-state index >= 15 is 0 Å². The smallest absolute Gasteiger partial charge is 0.161 e. The van der Waals surface area contributed by atoms with Crippen LogP contribution in [0.15, 0.2) is 12.4 Å². The summed E-state index contributed by atoms with van der Waals surface area (Å²) < 4.78 is 13.5. The van der Waals surface area contributed by atoms with E-state index in [4.69, 9.17) is 9.47 Å². The molecule has 20 heavy (non-hydrogen) atoms. The fourth-order valence-corrected chi connectivity index (χ4v) is 3.27. The summed E-state index contributed by atoms with van der Waals surface area (Å²) in [5.74, 6) is 1.66. The Bertz CT molecular complexity index is 415. The average Bonchev–Trinajstić information content (AvgIpc) is 3.12. The lowest BCUT2D eigenvalue weighted by atomic mass is 9.97. The van der Waals surface area contributed by atoms with Crippen LogP contribution in [0.1, 0.15) is 25.1 Å². The lowest BCUT2D eigenvalue weighted by Gasteiger charge is -2.34. The van der Waals surface area contributed by atoms with E-state index in [2.05, 4.69) is 27.6 Å². The van der Waals surface area contributed by atoms with Gasteiger partial charge in [-0.1, -0.05) is 0 Å². The van der Waals surface area contributed by atoms with Crippen molar-refractivity contribution in [3.05, 3.63) is 18.2 Å². The Hall–Kier alpha value is -0.910. The number of imidazole rings is 1. The molecule has 0 spiro atoms. The van der Waals surface area contributed by atoms with Crippen molar-refractivity contribution in [2.75, 3.05) is 32.8 Å². The molecule has 1 aromatic rings. The zero-order valence-electron chi connectivity index (χ0n) is 12.3. The van der Waals surface area contributed by atoms with E-state index in [9.17, 15) is 0 Å². The van der Waals surface area contributed by atoms with Crippen molar-refractivity contribution in [1.29, 1.82) is 0 Å². The molecule has 0 aliphatic carbocycles. The molecule has 3 rings (SSSR count). The van der Waals surface area contributed by atoms with Crippen LogP contribution in [0.4, 0.5) is 0 Å². The lowest BCUT2D eigenvalue weighted by Crippen LogP contribution is -2.41. The predicted molar refractivity (Wildman–Crippen MR) is 76.4 cm³/mol. The molecule has 2 saturated heterocycles. The van der Waals surface area contributed by atoms with Crippen molar-refractivity contribution >= 4 is 0 Å². The fourth-order valence-electron chi connectivity index (χ4n) is 3.27. The van der Waals surface area contributed by atoms with Crippen molar-refractivity contribution < 1.29 is 9.47 Å². The number of ether oxygens (including phenoxy) is 2. The summed E-state index contributed by atoms with van der Waals surface area (Å²) >= 11 is 0. The number of aryl methyl sites for hydroxylation is 2. The number of piperidine rings is 1. The minimum atomic E-state index is 0.0497. The van der Waals surface area contributed by atoms with Crippen LogP contribution in [-0.4, -0.2) is 53.6 Å². The summed E-state index contributed by atoms with van der Waals surface area (Å²) in [6, 6.07) is 0. The van der Waals surface area contributed by atoms with Gasteiger partial charge in [-0.2, -0.15) is 0 Å². The Morgan fingerprint density at radius 1 is 1.30 bits per heavy atom. The topological polar surface area (TPSA) is 39.5 Å². The summed E-state index contributed by atoms with van der Waals surface area (Å²) in [6.07, 6.45) is 7.67. The van der Waals surface area contributed by atoms with Gasteiger partial charge in [0.25, 0.3) is 0 Å². The quantitative estimate of drug-likeness (QED) is 0.822. The largest absolute Gasteiger partial charge is 0.350 e. The fraction of sp³-hybridized carbons (Fsp3) is 0.800. The molecule has 0 aromatic carbocycles. The second kappa shape index (κ2) is 6.70. The Kier molecular flexibility index (Phi) is 4.70. The van der Waals surface area contributed by atoms with Gasteiger partial charge in [-0.05, 0) is 39.3 Å². The third-order valence-electron chi connectivity index (χ3n) is 4.37. The molecule has 0 unspecified atom stereocenters. The molecule has 0 bridgehead atoms. The summed E-state index contributed by atoms with van der Waals surface area (Å²) in [6.45, 7) is 8.14. The van der Waals surface area contributed by atoms with Gasteiger partial charge in [0.05, 0.1) is 13.2 Å². The van der Waals surface area contributed by atoms with Crippen LogP contribution >= 0.6 is 0 Å². The summed E-state index contributed by atoms with van der Waals surface area (Å²) in [7, 11) is 0. The lowest BCUT2D eigenvalue weighted by molar-refractivity contribution is -0.100. The van der Waals surface area contributed by atoms with Crippen LogP contribution in [0, 0.1) is 12.8 Å². The number of aromatic nitrogens is 2. The molecule has 0 saturated carbocycles. The Morgan fingerprint density at radius 2 is 2.15 bits per heavy atom. The van der Waals surface area contributed by atoms with Crippen LogP contribution in [0.25, 0.3) is 0 Å². The number of hydrogen-bond donors (Lipinski definition) is 0. The van der Waals surface area contributed by atoms with Gasteiger partial charge in [0, 0.05) is 31.4 Å². The number of nitrogens with zero attached hydrogens (tertiary/aromatic N) is 3. The molecule has 5 nitrogen and oxygen atoms in total. The predicted octanol–water partition coefficient (Wildman–Crippen LogP) is 1.67. The van der Waals surface area contributed by atoms with Gasteiger partial charge < -0.3 is 18.9 Å². The van der Waals surface area contributed by atoms with Crippen LogP contribution in [0.5, 0.6) is 0 Å². The highest BCUT2D eigenvalue weighted by molar-refractivity contribution is 4.88.